The summed E-state index contributed by atoms with van der Waals surface area (Å²) >= 11 is 29.3. The normalized spacial score (nSPS) is 11.1. The Bertz CT molecular complexity index is 3470. The Morgan fingerprint density at radius 3 is 1.60 bits per heavy atom. The average Bonchev–Trinajstić information content (AvgIpc) is 3.43. The number of ether oxygens (including phenoxy) is 1. The van der Waals surface area contributed by atoms with Gasteiger partial charge in [-0.25, -0.2) is 0 Å². The van der Waals surface area contributed by atoms with Crippen LogP contribution >= 0.6 is 58.0 Å². The Balaban J connectivity index is 0.000000133. The molecule has 0 spiro atoms. The van der Waals surface area contributed by atoms with Gasteiger partial charge in [0.2, 0.25) is 0 Å². The number of fused-ring (bicyclic) bond motifs is 5. The number of rotatable bonds is 8. The van der Waals surface area contributed by atoms with E-state index in [1.807, 2.05) is 115 Å². The van der Waals surface area contributed by atoms with E-state index in [0.29, 0.717) is 23.5 Å². The van der Waals surface area contributed by atoms with E-state index in [9.17, 15) is 0 Å². The van der Waals surface area contributed by atoms with Gasteiger partial charge in [-0.05, 0) is 110 Å². The number of alkyl halides is 5. The van der Waals surface area contributed by atoms with Crippen LogP contribution in [0.4, 0.5) is 0 Å². The average molecular weight is 1050 g/mol. The molecule has 1 atom stereocenters. The number of benzene rings is 6. The summed E-state index contributed by atoms with van der Waals surface area (Å²) in [6, 6.07) is 62.7. The molecule has 364 valence electrons. The minimum atomic E-state index is -0.0325. The molecule has 0 N–H and O–H groups in total. The summed E-state index contributed by atoms with van der Waals surface area (Å²) in [6.07, 6.45) is 0.746. The van der Waals surface area contributed by atoms with Crippen LogP contribution in [0.25, 0.3) is 54.5 Å². The highest BCUT2D eigenvalue weighted by atomic mass is 35.5. The molecule has 5 aromatic heterocycles. The van der Waals surface area contributed by atoms with Crippen molar-refractivity contribution in [1.82, 2.24) is 24.9 Å². The molecule has 0 aliphatic carbocycles. The minimum absolute atomic E-state index is 0.0325. The maximum absolute atomic E-state index is 6.45. The van der Waals surface area contributed by atoms with Gasteiger partial charge in [0.25, 0.3) is 0 Å². The highest BCUT2D eigenvalue weighted by Gasteiger charge is 2.10. The van der Waals surface area contributed by atoms with Crippen LogP contribution in [0.1, 0.15) is 56.1 Å². The molecular formula is C61H54Cl5N5O. The molecule has 0 saturated carbocycles. The van der Waals surface area contributed by atoms with E-state index in [0.717, 1.165) is 84.6 Å². The van der Waals surface area contributed by atoms with Crippen molar-refractivity contribution in [2.24, 2.45) is 0 Å². The molecule has 0 aliphatic heterocycles. The van der Waals surface area contributed by atoms with E-state index >= 15 is 0 Å². The second-order valence-electron chi connectivity index (χ2n) is 16.9. The highest BCUT2D eigenvalue weighted by Crippen LogP contribution is 2.26. The number of methoxy groups -OCH3 is 1. The predicted octanol–water partition coefficient (Wildman–Crippen LogP) is 17.6. The SMILES string of the molecule is COc1ccc2nc(CCl)ccc2c1.Cc1cc(CCl)nc2ccccc12.Cc1ccc2nc(CCl)ccc2c1.Cc1cccc2ccc(CCl)nc12.ClC(Cc1ccc2ccccc2n1)c1ccccc1. The summed E-state index contributed by atoms with van der Waals surface area (Å²) < 4.78 is 5.13. The number of nitrogens with zero attached hydrogens (tertiary/aromatic N) is 5. The third-order valence-corrected chi connectivity index (χ3v) is 13.1. The molecule has 11 rings (SSSR count). The van der Waals surface area contributed by atoms with Gasteiger partial charge in [-0.1, -0.05) is 121 Å². The lowest BCUT2D eigenvalue weighted by Gasteiger charge is -2.09. The molecule has 5 heterocycles. The van der Waals surface area contributed by atoms with Crippen molar-refractivity contribution in [3.05, 3.63) is 239 Å². The van der Waals surface area contributed by atoms with Crippen LogP contribution in [0.15, 0.2) is 188 Å². The first-order chi connectivity index (χ1) is 35.1. The molecule has 72 heavy (non-hydrogen) atoms. The van der Waals surface area contributed by atoms with E-state index in [2.05, 4.69) is 118 Å². The van der Waals surface area contributed by atoms with Crippen LogP contribution in [0.5, 0.6) is 5.75 Å². The van der Waals surface area contributed by atoms with Crippen LogP contribution in [0, 0.1) is 20.8 Å². The van der Waals surface area contributed by atoms with Gasteiger partial charge < -0.3 is 4.74 Å². The molecular weight excluding hydrogens is 996 g/mol. The zero-order valence-corrected chi connectivity index (χ0v) is 44.3. The molecule has 1 unspecified atom stereocenters. The van der Waals surface area contributed by atoms with Crippen molar-refractivity contribution in [2.75, 3.05) is 7.11 Å². The fourth-order valence-electron chi connectivity index (χ4n) is 7.79. The summed E-state index contributed by atoms with van der Waals surface area (Å²) in [7, 11) is 1.65. The topological polar surface area (TPSA) is 73.7 Å². The zero-order valence-electron chi connectivity index (χ0n) is 40.5. The van der Waals surface area contributed by atoms with Crippen molar-refractivity contribution in [3.8, 4) is 5.75 Å². The third kappa shape index (κ3) is 14.8. The number of aryl methyl sites for hydroxylation is 3. The Morgan fingerprint density at radius 1 is 0.403 bits per heavy atom. The van der Waals surface area contributed by atoms with Crippen LogP contribution in [0.2, 0.25) is 0 Å². The van der Waals surface area contributed by atoms with Gasteiger partial charge in [0, 0.05) is 39.0 Å². The van der Waals surface area contributed by atoms with Gasteiger partial charge in [0.05, 0.1) is 86.4 Å². The number of aromatic nitrogens is 5. The number of para-hydroxylation sites is 3. The number of halogens is 5. The first-order valence-electron chi connectivity index (χ1n) is 23.4. The largest absolute Gasteiger partial charge is 0.497 e. The smallest absolute Gasteiger partial charge is 0.119 e. The van der Waals surface area contributed by atoms with Gasteiger partial charge in [0.1, 0.15) is 5.75 Å². The Morgan fingerprint density at radius 2 is 0.917 bits per heavy atom. The van der Waals surface area contributed by atoms with Gasteiger partial charge in [-0.15, -0.1) is 58.0 Å². The van der Waals surface area contributed by atoms with Gasteiger partial charge >= 0.3 is 0 Å². The monoisotopic (exact) mass is 1050 g/mol. The standard InChI is InChI=1S/C17H14ClN.C11H10ClNO.3C11H10ClN/c18-16(13-6-2-1-3-7-13)12-15-11-10-14-8-4-5-9-17(14)19-15;1-14-10-4-5-11-8(6-10)2-3-9(7-12)13-11;1-8-2-5-11-9(6-8)3-4-10(7-12)13-11;1-8-3-2-4-9-5-6-10(7-12)13-11(8)9;1-8-6-9(7-12)13-11-5-3-2-4-10(8)11/h1-11,16H,12H2;2-6H,7H2,1H3;3*2-6H,7H2,1H3. The molecule has 0 bridgehead atoms. The fourth-order valence-corrected chi connectivity index (χ4v) is 8.68. The van der Waals surface area contributed by atoms with Crippen molar-refractivity contribution < 1.29 is 4.74 Å². The lowest BCUT2D eigenvalue weighted by Crippen LogP contribution is -1.98. The van der Waals surface area contributed by atoms with Crippen molar-refractivity contribution in [2.45, 2.75) is 56.1 Å². The third-order valence-electron chi connectivity index (χ3n) is 11.6. The van der Waals surface area contributed by atoms with E-state index in [1.54, 1.807) is 7.11 Å². The molecule has 0 radical (unpaired) electrons. The number of pyridine rings is 5. The van der Waals surface area contributed by atoms with E-state index in [1.165, 1.54) is 32.8 Å². The Labute approximate surface area is 447 Å². The molecule has 0 saturated heterocycles. The molecule has 0 aliphatic rings. The minimum Gasteiger partial charge on any atom is -0.497 e. The quantitative estimate of drug-likeness (QED) is 0.141. The Hall–Kier alpha value is -6.38. The van der Waals surface area contributed by atoms with Crippen molar-refractivity contribution >= 4 is 113 Å². The predicted molar refractivity (Wildman–Crippen MR) is 306 cm³/mol. The van der Waals surface area contributed by atoms with Crippen LogP contribution in [-0.4, -0.2) is 32.0 Å². The first-order valence-corrected chi connectivity index (χ1v) is 25.9. The van der Waals surface area contributed by atoms with Crippen molar-refractivity contribution in [1.29, 1.82) is 0 Å². The first kappa shape index (κ1) is 53.4. The van der Waals surface area contributed by atoms with Gasteiger partial charge in [-0.2, -0.15) is 0 Å². The lowest BCUT2D eigenvalue weighted by atomic mass is 10.1. The maximum Gasteiger partial charge on any atom is 0.119 e. The van der Waals surface area contributed by atoms with E-state index < -0.39 is 0 Å². The molecule has 0 amide bonds. The Kier molecular flexibility index (Phi) is 20.0. The summed E-state index contributed by atoms with van der Waals surface area (Å²) in [5.74, 6) is 2.72. The van der Waals surface area contributed by atoms with Crippen LogP contribution < -0.4 is 4.74 Å². The molecule has 6 nitrogen and oxygen atoms in total. The number of hydrogen-bond donors (Lipinski definition) is 0. The highest BCUT2D eigenvalue weighted by molar-refractivity contribution is 6.21. The van der Waals surface area contributed by atoms with E-state index in [-0.39, 0.29) is 5.38 Å². The molecule has 11 aromatic rings. The summed E-state index contributed by atoms with van der Waals surface area (Å²) in [5, 5.41) is 5.75. The van der Waals surface area contributed by atoms with Gasteiger partial charge in [-0.3, -0.25) is 24.9 Å². The second-order valence-corrected chi connectivity index (χ2v) is 18.5. The maximum atomic E-state index is 6.45. The lowest BCUT2D eigenvalue weighted by molar-refractivity contribution is 0.415. The fraction of sp³-hybridized carbons (Fsp3) is 0.164. The number of hydrogen-bond acceptors (Lipinski definition) is 6. The molecule has 6 aromatic carbocycles. The van der Waals surface area contributed by atoms with Crippen LogP contribution in [0.3, 0.4) is 0 Å². The summed E-state index contributed by atoms with van der Waals surface area (Å²) in [4.78, 5) is 22.3. The zero-order chi connectivity index (χ0) is 50.8. The second kappa shape index (κ2) is 26.9. The van der Waals surface area contributed by atoms with Crippen molar-refractivity contribution in [3.63, 3.8) is 0 Å². The molecule has 11 heteroatoms. The van der Waals surface area contributed by atoms with E-state index in [4.69, 9.17) is 62.7 Å². The summed E-state index contributed by atoms with van der Waals surface area (Å²) in [6.45, 7) is 6.22. The van der Waals surface area contributed by atoms with Gasteiger partial charge in [0.15, 0.2) is 0 Å². The summed E-state index contributed by atoms with van der Waals surface area (Å²) in [5.41, 5.74) is 14.6. The van der Waals surface area contributed by atoms with Crippen LogP contribution in [-0.2, 0) is 29.9 Å². The molecule has 0 fully saturated rings.